The van der Waals surface area contributed by atoms with Crippen LogP contribution < -0.4 is 0 Å². The molecular formula is C26H37N3O3. The smallest absolute Gasteiger partial charge is 0.157 e. The van der Waals surface area contributed by atoms with E-state index in [4.69, 9.17) is 5.11 Å². The quantitative estimate of drug-likeness (QED) is 0.703. The first-order chi connectivity index (χ1) is 15.4. The maximum absolute atomic E-state index is 13.1. The van der Waals surface area contributed by atoms with Gasteiger partial charge in [-0.05, 0) is 92.8 Å². The van der Waals surface area contributed by atoms with Gasteiger partial charge in [-0.25, -0.2) is 4.68 Å². The molecule has 4 fully saturated rings. The molecule has 4 saturated carbocycles. The molecule has 2 N–H and O–H groups in total. The molecule has 6 heteroatoms. The summed E-state index contributed by atoms with van der Waals surface area (Å²) in [5.41, 5.74) is -0.600. The van der Waals surface area contributed by atoms with Crippen molar-refractivity contribution in [1.82, 2.24) is 15.0 Å². The van der Waals surface area contributed by atoms with Crippen molar-refractivity contribution in [2.75, 3.05) is 6.61 Å². The summed E-state index contributed by atoms with van der Waals surface area (Å²) in [5, 5.41) is 27.9. The number of aliphatic hydroxyl groups excluding tert-OH is 1. The average Bonchev–Trinajstić information content (AvgIpc) is 3.44. The topological polar surface area (TPSA) is 88.2 Å². The summed E-state index contributed by atoms with van der Waals surface area (Å²) in [6.07, 6.45) is 13.4. The Bertz CT molecular complexity index is 890. The van der Waals surface area contributed by atoms with E-state index in [9.17, 15) is 9.90 Å². The monoisotopic (exact) mass is 439 g/mol. The Hall–Kier alpha value is -1.71. The van der Waals surface area contributed by atoms with Crippen LogP contribution in [0.2, 0.25) is 0 Å². The van der Waals surface area contributed by atoms with E-state index < -0.39 is 5.60 Å². The molecule has 4 aliphatic carbocycles. The van der Waals surface area contributed by atoms with Crippen molar-refractivity contribution in [2.24, 2.45) is 40.9 Å². The van der Waals surface area contributed by atoms with Gasteiger partial charge in [0, 0.05) is 18.5 Å². The summed E-state index contributed by atoms with van der Waals surface area (Å²) < 4.78 is 1.67. The van der Waals surface area contributed by atoms with Crippen LogP contribution in [0.25, 0.3) is 0 Å². The number of fused-ring (bicyclic) bond motifs is 5. The molecule has 1 aromatic heterocycles. The van der Waals surface area contributed by atoms with Gasteiger partial charge in [0.1, 0.15) is 12.1 Å². The number of rotatable bonds is 4. The lowest BCUT2D eigenvalue weighted by Crippen LogP contribution is -2.54. The van der Waals surface area contributed by atoms with Gasteiger partial charge in [0.15, 0.2) is 5.78 Å². The number of aromatic nitrogens is 3. The Morgan fingerprint density at radius 3 is 2.72 bits per heavy atom. The lowest BCUT2D eigenvalue weighted by molar-refractivity contribution is -0.132. The van der Waals surface area contributed by atoms with Crippen molar-refractivity contribution >= 4 is 5.78 Å². The summed E-state index contributed by atoms with van der Waals surface area (Å²) in [6.45, 7) is 2.90. The van der Waals surface area contributed by atoms with Crippen LogP contribution in [0.5, 0.6) is 0 Å². The zero-order valence-electron chi connectivity index (χ0n) is 19.2. The van der Waals surface area contributed by atoms with Crippen molar-refractivity contribution in [1.29, 1.82) is 0 Å². The zero-order chi connectivity index (χ0) is 22.3. The molecule has 0 radical (unpaired) electrons. The molecule has 0 spiro atoms. The lowest BCUT2D eigenvalue weighted by Gasteiger charge is -2.59. The predicted octanol–water partition coefficient (Wildman–Crippen LogP) is 3.23. The first kappa shape index (κ1) is 22.1. The standard InChI is InChI=1S/C26H37N3O3/c1-25-11-12-26(32,10-2-3-15-30)16-18(25)4-5-21-19-6-7-22(20(19)8-9-23(21)25)24(31)17-29-14-13-27-28-29/h13-14,18-23,30,32H,3-9,11-12,15-17H2,1H3/t18-,19?,20?,21?,22?,23?,25+,26-/m1/s1. The minimum absolute atomic E-state index is 0.0544. The van der Waals surface area contributed by atoms with Crippen molar-refractivity contribution in [2.45, 2.75) is 83.3 Å². The van der Waals surface area contributed by atoms with E-state index in [1.807, 2.05) is 0 Å². The van der Waals surface area contributed by atoms with E-state index >= 15 is 0 Å². The Balaban J connectivity index is 1.27. The van der Waals surface area contributed by atoms with E-state index in [2.05, 4.69) is 29.1 Å². The highest BCUT2D eigenvalue weighted by atomic mass is 16.3. The average molecular weight is 440 g/mol. The van der Waals surface area contributed by atoms with Crippen LogP contribution in [0.3, 0.4) is 0 Å². The van der Waals surface area contributed by atoms with E-state index in [1.54, 1.807) is 17.1 Å². The Morgan fingerprint density at radius 2 is 1.94 bits per heavy atom. The molecule has 6 nitrogen and oxygen atoms in total. The SMILES string of the molecule is C[C@]12CC[C@](O)(C#CCCO)C[C@H]1CCC1C3CCC(C(=O)Cn4ccnn4)C3CCC12. The summed E-state index contributed by atoms with van der Waals surface area (Å²) in [7, 11) is 0. The van der Waals surface area contributed by atoms with Crippen molar-refractivity contribution in [3.63, 3.8) is 0 Å². The fourth-order valence-electron chi connectivity index (χ4n) is 8.29. The van der Waals surface area contributed by atoms with Gasteiger partial charge in [-0.1, -0.05) is 24.0 Å². The molecule has 8 atom stereocenters. The predicted molar refractivity (Wildman–Crippen MR) is 120 cm³/mol. The fraction of sp³-hybridized carbons (Fsp3) is 0.808. The van der Waals surface area contributed by atoms with Gasteiger partial charge < -0.3 is 10.2 Å². The second-order valence-electron chi connectivity index (χ2n) is 11.2. The van der Waals surface area contributed by atoms with Gasteiger partial charge in [0.05, 0.1) is 12.8 Å². The van der Waals surface area contributed by atoms with Gasteiger partial charge in [-0.2, -0.15) is 0 Å². The molecule has 1 aromatic rings. The number of aliphatic hydroxyl groups is 2. The van der Waals surface area contributed by atoms with Crippen LogP contribution in [0.1, 0.15) is 71.1 Å². The molecule has 5 unspecified atom stereocenters. The van der Waals surface area contributed by atoms with Crippen LogP contribution in [-0.4, -0.2) is 43.2 Å². The zero-order valence-corrected chi connectivity index (χ0v) is 19.2. The third-order valence-electron chi connectivity index (χ3n) is 9.81. The molecule has 32 heavy (non-hydrogen) atoms. The second kappa shape index (κ2) is 8.57. The van der Waals surface area contributed by atoms with Gasteiger partial charge in [-0.15, -0.1) is 5.10 Å². The van der Waals surface area contributed by atoms with Crippen molar-refractivity contribution < 1.29 is 15.0 Å². The number of hydrogen-bond acceptors (Lipinski definition) is 5. The van der Waals surface area contributed by atoms with Crippen LogP contribution in [0.4, 0.5) is 0 Å². The Labute approximate surface area is 191 Å². The molecule has 174 valence electrons. The summed E-state index contributed by atoms with van der Waals surface area (Å²) in [6, 6.07) is 0. The van der Waals surface area contributed by atoms with Crippen LogP contribution in [0.15, 0.2) is 12.4 Å². The summed E-state index contributed by atoms with van der Waals surface area (Å²) in [5.74, 6) is 9.78. The van der Waals surface area contributed by atoms with Crippen LogP contribution >= 0.6 is 0 Å². The minimum Gasteiger partial charge on any atom is -0.395 e. The van der Waals surface area contributed by atoms with Gasteiger partial charge in [-0.3, -0.25) is 4.79 Å². The summed E-state index contributed by atoms with van der Waals surface area (Å²) >= 11 is 0. The summed E-state index contributed by atoms with van der Waals surface area (Å²) in [4.78, 5) is 13.1. The highest BCUT2D eigenvalue weighted by Gasteiger charge is 2.58. The highest BCUT2D eigenvalue weighted by molar-refractivity contribution is 5.81. The number of nitrogens with zero attached hydrogens (tertiary/aromatic N) is 3. The first-order valence-electron chi connectivity index (χ1n) is 12.6. The lowest BCUT2D eigenvalue weighted by atomic mass is 9.46. The van der Waals surface area contributed by atoms with Crippen molar-refractivity contribution in [3.05, 3.63) is 12.4 Å². The molecule has 5 rings (SSSR count). The molecule has 1 heterocycles. The number of carbonyl (C=O) groups is 1. The maximum Gasteiger partial charge on any atom is 0.157 e. The Kier molecular flexibility index (Phi) is 5.92. The van der Waals surface area contributed by atoms with Crippen LogP contribution in [0, 0.1) is 52.8 Å². The molecule has 4 aliphatic rings. The number of ketones is 1. The van der Waals surface area contributed by atoms with Crippen molar-refractivity contribution in [3.8, 4) is 11.8 Å². The van der Waals surface area contributed by atoms with Gasteiger partial charge in [0.25, 0.3) is 0 Å². The third kappa shape index (κ3) is 3.82. The fourth-order valence-corrected chi connectivity index (χ4v) is 8.29. The highest BCUT2D eigenvalue weighted by Crippen LogP contribution is 2.64. The van der Waals surface area contributed by atoms with Crippen LogP contribution in [-0.2, 0) is 11.3 Å². The molecule has 0 bridgehead atoms. The minimum atomic E-state index is -0.879. The van der Waals surface area contributed by atoms with E-state index in [-0.39, 0.29) is 17.9 Å². The molecule has 0 saturated heterocycles. The number of Topliss-reactive ketones (excluding diaryl/α,β-unsaturated/α-hetero) is 1. The molecule has 0 aliphatic heterocycles. The third-order valence-corrected chi connectivity index (χ3v) is 9.81. The molecule has 0 aromatic carbocycles. The largest absolute Gasteiger partial charge is 0.395 e. The van der Waals surface area contributed by atoms with Gasteiger partial charge >= 0.3 is 0 Å². The van der Waals surface area contributed by atoms with E-state index in [1.165, 1.54) is 32.1 Å². The normalized spacial score (nSPS) is 42.8. The Morgan fingerprint density at radius 1 is 1.12 bits per heavy atom. The van der Waals surface area contributed by atoms with E-state index in [0.717, 1.165) is 31.6 Å². The first-order valence-corrected chi connectivity index (χ1v) is 12.6. The van der Waals surface area contributed by atoms with E-state index in [0.29, 0.717) is 42.4 Å². The number of carbonyl (C=O) groups excluding carboxylic acids is 1. The number of hydrogen-bond donors (Lipinski definition) is 2. The molecule has 0 amide bonds. The molecular weight excluding hydrogens is 402 g/mol. The second-order valence-corrected chi connectivity index (χ2v) is 11.2. The maximum atomic E-state index is 13.1. The van der Waals surface area contributed by atoms with Gasteiger partial charge in [0.2, 0.25) is 0 Å².